The Hall–Kier alpha value is -3.62. The lowest BCUT2D eigenvalue weighted by molar-refractivity contribution is -0.304. The Morgan fingerprint density at radius 2 is 1.69 bits per heavy atom. The largest absolute Gasteiger partial charge is 0.548 e. The summed E-state index contributed by atoms with van der Waals surface area (Å²) >= 11 is 0. The van der Waals surface area contributed by atoms with Crippen molar-refractivity contribution in [3.05, 3.63) is 45.5 Å². The van der Waals surface area contributed by atoms with E-state index in [1.807, 2.05) is 13.0 Å². The van der Waals surface area contributed by atoms with Crippen molar-refractivity contribution in [1.82, 2.24) is 10.6 Å². The van der Waals surface area contributed by atoms with Gasteiger partial charge in [-0.15, -0.1) is 0 Å². The van der Waals surface area contributed by atoms with Crippen LogP contribution >= 0.6 is 0 Å². The summed E-state index contributed by atoms with van der Waals surface area (Å²) in [5, 5.41) is 16.5. The molecular formula is C23H25N2O7-. The quantitative estimate of drug-likeness (QED) is 0.522. The fraction of sp³-hybridized carbons (Fsp3) is 0.391. The molecule has 3 rings (SSSR count). The van der Waals surface area contributed by atoms with Crippen LogP contribution in [0.4, 0.5) is 0 Å². The molecular weight excluding hydrogens is 416 g/mol. The standard InChI is InChI=1S/C23H26N2O7/c1-12-13(5-6-19(26)24-9-20(27)25-10-21(28)29)22(30)32-18-8-17-15(7-14(12)18)16(11-31-17)23(2,3)4/h7-8,11H,5-6,9-10H2,1-4H3,(H,24,26)(H,25,27)(H,28,29)/p-1. The lowest BCUT2D eigenvalue weighted by atomic mass is 9.86. The monoisotopic (exact) mass is 441 g/mol. The zero-order valence-electron chi connectivity index (χ0n) is 18.4. The molecule has 2 heterocycles. The van der Waals surface area contributed by atoms with Gasteiger partial charge in [-0.25, -0.2) is 4.79 Å². The Morgan fingerprint density at radius 3 is 2.34 bits per heavy atom. The molecule has 0 atom stereocenters. The second kappa shape index (κ2) is 8.86. The van der Waals surface area contributed by atoms with E-state index in [9.17, 15) is 24.3 Å². The molecule has 9 nitrogen and oxygen atoms in total. The first-order valence-electron chi connectivity index (χ1n) is 10.2. The van der Waals surface area contributed by atoms with Crippen LogP contribution in [0.25, 0.3) is 21.9 Å². The minimum atomic E-state index is -1.43. The summed E-state index contributed by atoms with van der Waals surface area (Å²) < 4.78 is 11.2. The Labute approximate surface area is 183 Å². The number of carbonyl (C=O) groups is 3. The molecule has 0 spiro atoms. The summed E-state index contributed by atoms with van der Waals surface area (Å²) in [6.45, 7) is 7.06. The summed E-state index contributed by atoms with van der Waals surface area (Å²) in [6.07, 6.45) is 1.81. The van der Waals surface area contributed by atoms with E-state index in [0.717, 1.165) is 21.9 Å². The number of carbonyl (C=O) groups excluding carboxylic acids is 3. The van der Waals surface area contributed by atoms with Crippen molar-refractivity contribution in [2.24, 2.45) is 0 Å². The number of fused-ring (bicyclic) bond motifs is 2. The Kier molecular flexibility index (Phi) is 6.38. The Balaban J connectivity index is 1.79. The van der Waals surface area contributed by atoms with Gasteiger partial charge in [0.15, 0.2) is 0 Å². The van der Waals surface area contributed by atoms with E-state index in [-0.39, 0.29) is 24.8 Å². The molecule has 3 aromatic rings. The van der Waals surface area contributed by atoms with Crippen LogP contribution in [0.3, 0.4) is 0 Å². The van der Waals surface area contributed by atoms with Crippen LogP contribution in [0.2, 0.25) is 0 Å². The highest BCUT2D eigenvalue weighted by Gasteiger charge is 2.22. The smallest absolute Gasteiger partial charge is 0.339 e. The number of hydrogen-bond acceptors (Lipinski definition) is 7. The normalized spacial score (nSPS) is 11.6. The first-order valence-corrected chi connectivity index (χ1v) is 10.2. The molecule has 170 valence electrons. The van der Waals surface area contributed by atoms with Gasteiger partial charge in [0.25, 0.3) is 0 Å². The number of carboxylic acid groups (broad SMARTS) is 1. The van der Waals surface area contributed by atoms with Crippen molar-refractivity contribution in [3.8, 4) is 0 Å². The molecule has 0 saturated carbocycles. The highest BCUT2D eigenvalue weighted by Crippen LogP contribution is 2.35. The predicted octanol–water partition coefficient (Wildman–Crippen LogP) is 1.06. The predicted molar refractivity (Wildman–Crippen MR) is 115 cm³/mol. The van der Waals surface area contributed by atoms with Gasteiger partial charge in [0.05, 0.1) is 25.3 Å². The number of carboxylic acids is 1. The molecule has 0 saturated heterocycles. The maximum Gasteiger partial charge on any atom is 0.339 e. The number of aryl methyl sites for hydroxylation is 1. The van der Waals surface area contributed by atoms with E-state index in [2.05, 4.69) is 31.4 Å². The molecule has 2 aromatic heterocycles. The number of rotatable bonds is 7. The zero-order chi connectivity index (χ0) is 23.6. The summed E-state index contributed by atoms with van der Waals surface area (Å²) in [5.41, 5.74) is 2.53. The Morgan fingerprint density at radius 1 is 1.00 bits per heavy atom. The molecule has 0 radical (unpaired) electrons. The van der Waals surface area contributed by atoms with Gasteiger partial charge in [-0.3, -0.25) is 9.59 Å². The van der Waals surface area contributed by atoms with Crippen LogP contribution in [-0.4, -0.2) is 30.9 Å². The van der Waals surface area contributed by atoms with E-state index in [4.69, 9.17) is 8.83 Å². The Bertz CT molecular complexity index is 1260. The summed E-state index contributed by atoms with van der Waals surface area (Å²) in [4.78, 5) is 46.4. The third kappa shape index (κ3) is 4.99. The van der Waals surface area contributed by atoms with Gasteiger partial charge in [-0.1, -0.05) is 20.8 Å². The molecule has 32 heavy (non-hydrogen) atoms. The van der Waals surface area contributed by atoms with E-state index in [1.165, 1.54) is 0 Å². The van der Waals surface area contributed by atoms with Crippen LogP contribution in [0.5, 0.6) is 0 Å². The molecule has 0 aliphatic carbocycles. The number of furan rings is 1. The van der Waals surface area contributed by atoms with Crippen molar-refractivity contribution in [2.45, 2.75) is 46.0 Å². The lowest BCUT2D eigenvalue weighted by Crippen LogP contribution is -2.42. The summed E-state index contributed by atoms with van der Waals surface area (Å²) in [6, 6.07) is 3.65. The SMILES string of the molecule is Cc1c(CCC(=O)NCC(=O)NCC(=O)[O-])c(=O)oc2cc3occ(C(C)(C)C)c3cc12. The molecule has 2 amide bonds. The fourth-order valence-corrected chi connectivity index (χ4v) is 3.52. The van der Waals surface area contributed by atoms with Crippen molar-refractivity contribution < 1.29 is 28.3 Å². The topological polar surface area (TPSA) is 142 Å². The van der Waals surface area contributed by atoms with Gasteiger partial charge in [0.2, 0.25) is 11.8 Å². The fourth-order valence-electron chi connectivity index (χ4n) is 3.52. The number of nitrogens with one attached hydrogen (secondary N) is 2. The van der Waals surface area contributed by atoms with Gasteiger partial charge >= 0.3 is 5.63 Å². The van der Waals surface area contributed by atoms with E-state index in [0.29, 0.717) is 16.7 Å². The summed E-state index contributed by atoms with van der Waals surface area (Å²) in [7, 11) is 0. The van der Waals surface area contributed by atoms with E-state index < -0.39 is 30.0 Å². The number of benzene rings is 1. The van der Waals surface area contributed by atoms with E-state index in [1.54, 1.807) is 12.3 Å². The van der Waals surface area contributed by atoms with Crippen LogP contribution < -0.4 is 21.4 Å². The van der Waals surface area contributed by atoms with Gasteiger partial charge in [0, 0.05) is 34.4 Å². The van der Waals surface area contributed by atoms with Gasteiger partial charge in [-0.2, -0.15) is 0 Å². The molecule has 0 aliphatic heterocycles. The lowest BCUT2D eigenvalue weighted by Gasteiger charge is -2.16. The van der Waals surface area contributed by atoms with Crippen molar-refractivity contribution in [3.63, 3.8) is 0 Å². The second-order valence-corrected chi connectivity index (χ2v) is 8.66. The maximum atomic E-state index is 12.5. The van der Waals surface area contributed by atoms with Crippen LogP contribution in [0, 0.1) is 6.92 Å². The number of hydrogen-bond donors (Lipinski definition) is 2. The minimum absolute atomic E-state index is 0.0356. The first kappa shape index (κ1) is 23.1. The maximum absolute atomic E-state index is 12.5. The average Bonchev–Trinajstić information content (AvgIpc) is 3.12. The molecule has 1 aromatic carbocycles. The third-order valence-electron chi connectivity index (χ3n) is 5.27. The summed E-state index contributed by atoms with van der Waals surface area (Å²) in [5.74, 6) is -2.53. The molecule has 2 N–H and O–H groups in total. The van der Waals surface area contributed by atoms with Crippen molar-refractivity contribution in [1.29, 1.82) is 0 Å². The molecule has 0 aliphatic rings. The number of amides is 2. The molecule has 0 unspecified atom stereocenters. The van der Waals surface area contributed by atoms with Crippen molar-refractivity contribution in [2.75, 3.05) is 13.1 Å². The third-order valence-corrected chi connectivity index (χ3v) is 5.27. The van der Waals surface area contributed by atoms with Gasteiger partial charge in [0.1, 0.15) is 11.2 Å². The minimum Gasteiger partial charge on any atom is -0.548 e. The molecule has 0 fully saturated rings. The van der Waals surface area contributed by atoms with Crippen LogP contribution in [-0.2, 0) is 26.2 Å². The average molecular weight is 441 g/mol. The van der Waals surface area contributed by atoms with Crippen LogP contribution in [0.1, 0.15) is 43.9 Å². The van der Waals surface area contributed by atoms with Crippen LogP contribution in [0.15, 0.2) is 32.0 Å². The highest BCUT2D eigenvalue weighted by molar-refractivity contribution is 5.97. The van der Waals surface area contributed by atoms with Gasteiger partial charge in [-0.05, 0) is 30.4 Å². The first-order chi connectivity index (χ1) is 15.0. The van der Waals surface area contributed by atoms with Crippen molar-refractivity contribution >= 4 is 39.7 Å². The number of aliphatic carboxylic acids is 1. The second-order valence-electron chi connectivity index (χ2n) is 8.66. The zero-order valence-corrected chi connectivity index (χ0v) is 18.4. The molecule has 0 bridgehead atoms. The highest BCUT2D eigenvalue weighted by atomic mass is 16.4. The van der Waals surface area contributed by atoms with Gasteiger partial charge < -0.3 is 29.4 Å². The molecule has 9 heteroatoms. The van der Waals surface area contributed by atoms with E-state index >= 15 is 0 Å².